The van der Waals surface area contributed by atoms with E-state index in [-0.39, 0.29) is 17.2 Å². The zero-order valence-electron chi connectivity index (χ0n) is 10.8. The molecule has 3 unspecified atom stereocenters. The van der Waals surface area contributed by atoms with Crippen molar-refractivity contribution >= 4 is 11.9 Å². The van der Waals surface area contributed by atoms with Crippen LogP contribution < -0.4 is 0 Å². The number of carbonyl (C=O) groups is 2. The van der Waals surface area contributed by atoms with E-state index in [2.05, 4.69) is 6.92 Å². The molecule has 2 rings (SSSR count). The Hall–Kier alpha value is -1.06. The molecule has 2 aliphatic rings. The lowest BCUT2D eigenvalue weighted by molar-refractivity contribution is -0.142. The molecule has 3 atom stereocenters. The molecule has 0 aromatic rings. The summed E-state index contributed by atoms with van der Waals surface area (Å²) in [5, 5.41) is 9.10. The maximum Gasteiger partial charge on any atom is 0.307 e. The van der Waals surface area contributed by atoms with Crippen molar-refractivity contribution in [2.75, 3.05) is 6.54 Å². The highest BCUT2D eigenvalue weighted by atomic mass is 16.4. The quantitative estimate of drug-likeness (QED) is 0.816. The van der Waals surface area contributed by atoms with Gasteiger partial charge in [-0.3, -0.25) is 9.59 Å². The predicted molar refractivity (Wildman–Crippen MR) is 63.4 cm³/mol. The molecular formula is C13H21NO3. The monoisotopic (exact) mass is 239 g/mol. The van der Waals surface area contributed by atoms with Gasteiger partial charge in [0.05, 0.1) is 11.8 Å². The fourth-order valence-corrected chi connectivity index (χ4v) is 3.29. The molecule has 1 heterocycles. The zero-order chi connectivity index (χ0) is 12.8. The molecule has 0 aromatic heterocycles. The third-order valence-electron chi connectivity index (χ3n) is 4.49. The van der Waals surface area contributed by atoms with Crippen LogP contribution in [0.4, 0.5) is 0 Å². The third kappa shape index (κ3) is 1.83. The lowest BCUT2D eigenvalue weighted by Gasteiger charge is -2.24. The summed E-state index contributed by atoms with van der Waals surface area (Å²) in [4.78, 5) is 25.4. The van der Waals surface area contributed by atoms with Crippen molar-refractivity contribution in [1.82, 2.24) is 4.90 Å². The van der Waals surface area contributed by atoms with Gasteiger partial charge in [-0.05, 0) is 24.7 Å². The summed E-state index contributed by atoms with van der Waals surface area (Å²) in [6.07, 6.45) is 3.08. The Morgan fingerprint density at radius 1 is 1.35 bits per heavy atom. The van der Waals surface area contributed by atoms with Gasteiger partial charge in [0.15, 0.2) is 0 Å². The van der Waals surface area contributed by atoms with Crippen LogP contribution in [-0.2, 0) is 9.59 Å². The first-order chi connectivity index (χ1) is 7.91. The molecule has 17 heavy (non-hydrogen) atoms. The van der Waals surface area contributed by atoms with Crippen LogP contribution in [0.5, 0.6) is 0 Å². The molecule has 4 nitrogen and oxygen atoms in total. The van der Waals surface area contributed by atoms with Gasteiger partial charge in [0.2, 0.25) is 5.91 Å². The van der Waals surface area contributed by atoms with Crippen molar-refractivity contribution in [3.8, 4) is 0 Å². The Kier molecular flexibility index (Phi) is 2.92. The van der Waals surface area contributed by atoms with Gasteiger partial charge in [0, 0.05) is 12.6 Å². The van der Waals surface area contributed by atoms with Gasteiger partial charge in [-0.15, -0.1) is 0 Å². The number of carboxylic acids is 1. The first-order valence-electron chi connectivity index (χ1n) is 6.44. The summed E-state index contributed by atoms with van der Waals surface area (Å²) in [5.41, 5.74) is -0.371. The zero-order valence-corrected chi connectivity index (χ0v) is 10.8. The molecular weight excluding hydrogens is 218 g/mol. The van der Waals surface area contributed by atoms with Gasteiger partial charge in [-0.2, -0.15) is 0 Å². The molecule has 0 bridgehead atoms. The van der Waals surface area contributed by atoms with Crippen LogP contribution in [0.3, 0.4) is 0 Å². The summed E-state index contributed by atoms with van der Waals surface area (Å²) < 4.78 is 0. The molecule has 0 aromatic carbocycles. The minimum atomic E-state index is -0.833. The topological polar surface area (TPSA) is 57.6 Å². The van der Waals surface area contributed by atoms with Gasteiger partial charge in [-0.1, -0.05) is 20.8 Å². The summed E-state index contributed by atoms with van der Waals surface area (Å²) in [6, 6.07) is 0.327. The number of carboxylic acid groups (broad SMARTS) is 1. The molecule has 2 fully saturated rings. The van der Waals surface area contributed by atoms with E-state index >= 15 is 0 Å². The standard InChI is InChI=1S/C13H21NO3/c1-4-8-6-5-7-14(8)11(15)9-10(12(16)17)13(9,2)3/h8-10H,4-7H2,1-3H3,(H,16,17). The summed E-state index contributed by atoms with van der Waals surface area (Å²) >= 11 is 0. The normalized spacial score (nSPS) is 34.8. The Morgan fingerprint density at radius 3 is 2.47 bits per heavy atom. The van der Waals surface area contributed by atoms with Crippen LogP contribution in [0.25, 0.3) is 0 Å². The number of rotatable bonds is 3. The summed E-state index contributed by atoms with van der Waals surface area (Å²) in [7, 11) is 0. The van der Waals surface area contributed by atoms with Gasteiger partial charge < -0.3 is 10.0 Å². The number of likely N-dealkylation sites (tertiary alicyclic amines) is 1. The van der Waals surface area contributed by atoms with Crippen molar-refractivity contribution in [2.45, 2.75) is 46.1 Å². The Bertz CT molecular complexity index is 351. The first kappa shape index (κ1) is 12.4. The fraction of sp³-hybridized carbons (Fsp3) is 0.846. The number of aliphatic carboxylic acids is 1. The Labute approximate surface area is 102 Å². The number of carbonyl (C=O) groups excluding carboxylic acids is 1. The molecule has 96 valence electrons. The summed E-state index contributed by atoms with van der Waals surface area (Å²) in [6.45, 7) is 6.65. The van der Waals surface area contributed by atoms with Crippen LogP contribution in [0.15, 0.2) is 0 Å². The van der Waals surface area contributed by atoms with Crippen molar-refractivity contribution < 1.29 is 14.7 Å². The van der Waals surface area contributed by atoms with E-state index in [9.17, 15) is 9.59 Å². The van der Waals surface area contributed by atoms with Crippen molar-refractivity contribution in [2.24, 2.45) is 17.3 Å². The van der Waals surface area contributed by atoms with Gasteiger partial charge in [0.1, 0.15) is 0 Å². The number of nitrogens with zero attached hydrogens (tertiary/aromatic N) is 1. The van der Waals surface area contributed by atoms with Crippen LogP contribution >= 0.6 is 0 Å². The summed E-state index contributed by atoms with van der Waals surface area (Å²) in [5.74, 6) is -1.58. The van der Waals surface area contributed by atoms with E-state index in [4.69, 9.17) is 5.11 Å². The highest BCUT2D eigenvalue weighted by Crippen LogP contribution is 2.59. The SMILES string of the molecule is CCC1CCCN1C(=O)C1C(C(=O)O)C1(C)C. The molecule has 1 saturated heterocycles. The van der Waals surface area contributed by atoms with E-state index in [1.165, 1.54) is 0 Å². The van der Waals surface area contributed by atoms with Crippen molar-refractivity contribution in [3.63, 3.8) is 0 Å². The molecule has 1 saturated carbocycles. The average Bonchev–Trinajstić information content (AvgIpc) is 2.63. The number of hydrogen-bond acceptors (Lipinski definition) is 2. The third-order valence-corrected chi connectivity index (χ3v) is 4.49. The van der Waals surface area contributed by atoms with E-state index in [1.807, 2.05) is 18.7 Å². The molecule has 1 amide bonds. The van der Waals surface area contributed by atoms with Crippen LogP contribution in [0.1, 0.15) is 40.0 Å². The number of amides is 1. The minimum Gasteiger partial charge on any atom is -0.481 e. The molecule has 1 aliphatic carbocycles. The lowest BCUT2D eigenvalue weighted by Crippen LogP contribution is -2.37. The van der Waals surface area contributed by atoms with E-state index in [0.717, 1.165) is 25.8 Å². The highest BCUT2D eigenvalue weighted by Gasteiger charge is 2.66. The van der Waals surface area contributed by atoms with Crippen LogP contribution in [0, 0.1) is 17.3 Å². The van der Waals surface area contributed by atoms with Crippen LogP contribution in [-0.4, -0.2) is 34.5 Å². The second kappa shape index (κ2) is 4.00. The van der Waals surface area contributed by atoms with Crippen LogP contribution in [0.2, 0.25) is 0 Å². The minimum absolute atomic E-state index is 0.0618. The van der Waals surface area contributed by atoms with E-state index in [0.29, 0.717) is 6.04 Å². The molecule has 4 heteroatoms. The highest BCUT2D eigenvalue weighted by molar-refractivity contribution is 5.92. The van der Waals surface area contributed by atoms with Crippen molar-refractivity contribution in [1.29, 1.82) is 0 Å². The average molecular weight is 239 g/mol. The molecule has 1 aliphatic heterocycles. The fourth-order valence-electron chi connectivity index (χ4n) is 3.29. The number of hydrogen-bond donors (Lipinski definition) is 1. The van der Waals surface area contributed by atoms with Gasteiger partial charge in [0.25, 0.3) is 0 Å². The lowest BCUT2D eigenvalue weighted by atomic mass is 10.1. The van der Waals surface area contributed by atoms with Crippen molar-refractivity contribution in [3.05, 3.63) is 0 Å². The second-order valence-corrected chi connectivity index (χ2v) is 5.85. The maximum atomic E-state index is 12.4. The first-order valence-corrected chi connectivity index (χ1v) is 6.44. The smallest absolute Gasteiger partial charge is 0.307 e. The van der Waals surface area contributed by atoms with E-state index < -0.39 is 11.9 Å². The van der Waals surface area contributed by atoms with Gasteiger partial charge >= 0.3 is 5.97 Å². The maximum absolute atomic E-state index is 12.4. The molecule has 0 spiro atoms. The molecule has 1 N–H and O–H groups in total. The van der Waals surface area contributed by atoms with Gasteiger partial charge in [-0.25, -0.2) is 0 Å². The van der Waals surface area contributed by atoms with E-state index in [1.54, 1.807) is 0 Å². The Morgan fingerprint density at radius 2 is 2.00 bits per heavy atom. The Balaban J connectivity index is 2.09. The largest absolute Gasteiger partial charge is 0.481 e. The second-order valence-electron chi connectivity index (χ2n) is 5.85. The molecule has 0 radical (unpaired) electrons. The predicted octanol–water partition coefficient (Wildman–Crippen LogP) is 1.74.